The summed E-state index contributed by atoms with van der Waals surface area (Å²) in [6, 6.07) is 9.18. The number of carbonyl (C=O) groups is 2. The Hall–Kier alpha value is -4.98. The van der Waals surface area contributed by atoms with Gasteiger partial charge in [0.2, 0.25) is 11.8 Å². The van der Waals surface area contributed by atoms with Gasteiger partial charge in [-0.25, -0.2) is 32.2 Å². The number of carbonyl (C=O) groups excluding carboxylic acids is 2. The SMILES string of the molecule is COc1ncc(-c2ccc3ncnc(N4CC5CCC4CN5C(=O)/C=C/C(C)=O)c3c2)cc1NS(=O)(=O)c1ccc(F)cc1F. The van der Waals surface area contributed by atoms with Gasteiger partial charge in [0.25, 0.3) is 10.0 Å². The zero-order valence-corrected chi connectivity index (χ0v) is 25.1. The number of hydrogen-bond acceptors (Lipinski definition) is 9. The number of aromatic nitrogens is 3. The molecule has 3 aliphatic heterocycles. The van der Waals surface area contributed by atoms with Crippen LogP contribution in [0.15, 0.2) is 72.0 Å². The number of nitrogens with zero attached hydrogens (tertiary/aromatic N) is 5. The third-order valence-corrected chi connectivity index (χ3v) is 9.36. The fourth-order valence-electron chi connectivity index (χ4n) is 5.83. The Morgan fingerprint density at radius 2 is 1.78 bits per heavy atom. The molecule has 2 aromatic heterocycles. The second kappa shape index (κ2) is 11.8. The number of ketones is 1. The summed E-state index contributed by atoms with van der Waals surface area (Å²) in [5.74, 6) is -1.85. The predicted molar refractivity (Wildman–Crippen MR) is 162 cm³/mol. The molecule has 2 bridgehead atoms. The number of rotatable bonds is 8. The molecule has 3 fully saturated rings. The van der Waals surface area contributed by atoms with Crippen LogP contribution < -0.4 is 14.4 Å². The molecule has 0 radical (unpaired) electrons. The smallest absolute Gasteiger partial charge is 0.264 e. The molecule has 2 atom stereocenters. The number of benzene rings is 2. The van der Waals surface area contributed by atoms with Crippen LogP contribution in [0.4, 0.5) is 20.3 Å². The first kappa shape index (κ1) is 30.1. The normalized spacial score (nSPS) is 18.0. The fraction of sp³-hybridized carbons (Fsp3) is 0.258. The zero-order valence-electron chi connectivity index (χ0n) is 24.3. The van der Waals surface area contributed by atoms with Crippen LogP contribution in [-0.2, 0) is 19.6 Å². The number of sulfonamides is 1. The number of allylic oxidation sites excluding steroid dienone is 1. The molecule has 3 saturated heterocycles. The van der Waals surface area contributed by atoms with Crippen molar-refractivity contribution in [3.05, 3.63) is 78.8 Å². The van der Waals surface area contributed by atoms with Gasteiger partial charge in [-0.15, -0.1) is 0 Å². The zero-order chi connectivity index (χ0) is 31.9. The molecule has 232 valence electrons. The van der Waals surface area contributed by atoms with Crippen molar-refractivity contribution in [2.45, 2.75) is 36.7 Å². The molecule has 3 aliphatic rings. The molecule has 0 spiro atoms. The maximum atomic E-state index is 14.3. The van der Waals surface area contributed by atoms with Crippen molar-refractivity contribution in [2.75, 3.05) is 29.8 Å². The number of hydrogen-bond donors (Lipinski definition) is 1. The molecule has 7 rings (SSSR count). The maximum absolute atomic E-state index is 14.3. The summed E-state index contributed by atoms with van der Waals surface area (Å²) in [6.07, 6.45) is 7.33. The molecule has 1 amide bonds. The van der Waals surface area contributed by atoms with Gasteiger partial charge in [0.05, 0.1) is 12.6 Å². The molecule has 2 unspecified atom stereocenters. The number of fused-ring (bicyclic) bond motifs is 4. The van der Waals surface area contributed by atoms with Crippen LogP contribution in [0, 0.1) is 11.6 Å². The van der Waals surface area contributed by atoms with E-state index in [0.717, 1.165) is 30.4 Å². The van der Waals surface area contributed by atoms with Crippen LogP contribution in [0.2, 0.25) is 0 Å². The van der Waals surface area contributed by atoms with Gasteiger partial charge in [-0.2, -0.15) is 0 Å². The Labute approximate surface area is 257 Å². The summed E-state index contributed by atoms with van der Waals surface area (Å²) in [4.78, 5) is 40.7. The van der Waals surface area contributed by atoms with E-state index >= 15 is 0 Å². The van der Waals surface area contributed by atoms with E-state index in [4.69, 9.17) is 4.74 Å². The number of nitrogens with one attached hydrogen (secondary N) is 1. The first-order valence-corrected chi connectivity index (χ1v) is 15.6. The third-order valence-electron chi connectivity index (χ3n) is 7.97. The second-order valence-electron chi connectivity index (χ2n) is 10.9. The summed E-state index contributed by atoms with van der Waals surface area (Å²) in [5, 5.41) is 0.753. The van der Waals surface area contributed by atoms with Crippen LogP contribution in [0.1, 0.15) is 19.8 Å². The Morgan fingerprint density at radius 1 is 0.978 bits per heavy atom. The molecule has 14 heteroatoms. The largest absolute Gasteiger partial charge is 0.480 e. The van der Waals surface area contributed by atoms with Crippen LogP contribution in [0.5, 0.6) is 5.88 Å². The van der Waals surface area contributed by atoms with E-state index in [9.17, 15) is 26.8 Å². The molecule has 1 N–H and O–H groups in total. The Kier molecular flexibility index (Phi) is 7.91. The average molecular weight is 635 g/mol. The first-order valence-electron chi connectivity index (χ1n) is 14.1. The van der Waals surface area contributed by atoms with E-state index in [1.807, 2.05) is 23.1 Å². The number of amides is 1. The molecule has 0 aliphatic carbocycles. The van der Waals surface area contributed by atoms with Crippen molar-refractivity contribution in [1.82, 2.24) is 19.9 Å². The van der Waals surface area contributed by atoms with E-state index in [1.54, 1.807) is 0 Å². The number of methoxy groups -OCH3 is 1. The van der Waals surface area contributed by atoms with Gasteiger partial charge in [-0.3, -0.25) is 14.3 Å². The number of pyridine rings is 1. The van der Waals surface area contributed by atoms with Crippen LogP contribution in [-0.4, -0.2) is 72.2 Å². The molecular weight excluding hydrogens is 606 g/mol. The second-order valence-corrected chi connectivity index (χ2v) is 12.5. The minimum atomic E-state index is -4.46. The van der Waals surface area contributed by atoms with Gasteiger partial charge < -0.3 is 14.5 Å². The van der Waals surface area contributed by atoms with E-state index in [2.05, 4.69) is 24.6 Å². The summed E-state index contributed by atoms with van der Waals surface area (Å²) >= 11 is 0. The average Bonchev–Trinajstić information content (AvgIpc) is 3.02. The fourth-order valence-corrected chi connectivity index (χ4v) is 6.94. The van der Waals surface area contributed by atoms with Crippen molar-refractivity contribution < 1.29 is 31.5 Å². The molecule has 5 heterocycles. The Balaban J connectivity index is 1.32. The molecule has 2 aromatic carbocycles. The lowest BCUT2D eigenvalue weighted by Gasteiger charge is -2.51. The van der Waals surface area contributed by atoms with Gasteiger partial charge in [0.1, 0.15) is 34.4 Å². The predicted octanol–water partition coefficient (Wildman–Crippen LogP) is 4.10. The highest BCUT2D eigenvalue weighted by atomic mass is 32.2. The number of halogens is 2. The van der Waals surface area contributed by atoms with Crippen molar-refractivity contribution in [1.29, 1.82) is 0 Å². The first-order chi connectivity index (χ1) is 21.5. The standard InChI is InChI=1S/C31H28F2N6O5S/c1-18(40)3-10-29(41)38-15-23-7-6-22(38)16-39(23)30-24-11-19(4-8-26(24)35-17-36-30)20-12-27(31(44-2)34-14-20)37-45(42,43)28-9-5-21(32)13-25(28)33/h3-5,8-14,17,22-23,37H,6-7,15-16H2,1-2H3/b10-3+. The number of anilines is 2. The minimum Gasteiger partial charge on any atom is -0.480 e. The lowest BCUT2D eigenvalue weighted by Crippen LogP contribution is -2.64. The van der Waals surface area contributed by atoms with Gasteiger partial charge >= 0.3 is 0 Å². The lowest BCUT2D eigenvalue weighted by atomic mass is 9.90. The molecule has 0 saturated carbocycles. The lowest BCUT2D eigenvalue weighted by molar-refractivity contribution is -0.131. The van der Waals surface area contributed by atoms with E-state index in [-0.39, 0.29) is 35.3 Å². The summed E-state index contributed by atoms with van der Waals surface area (Å²) in [7, 11) is -3.14. The Morgan fingerprint density at radius 3 is 2.49 bits per heavy atom. The topological polar surface area (TPSA) is 135 Å². The van der Waals surface area contributed by atoms with Crippen molar-refractivity contribution in [2.24, 2.45) is 0 Å². The third kappa shape index (κ3) is 5.92. The van der Waals surface area contributed by atoms with Crippen molar-refractivity contribution in [3.8, 4) is 17.0 Å². The van der Waals surface area contributed by atoms with Crippen molar-refractivity contribution >= 4 is 44.1 Å². The number of piperazine rings is 1. The van der Waals surface area contributed by atoms with Crippen LogP contribution in [0.25, 0.3) is 22.0 Å². The van der Waals surface area contributed by atoms with E-state index in [1.165, 1.54) is 44.8 Å². The molecule has 11 nitrogen and oxygen atoms in total. The summed E-state index contributed by atoms with van der Waals surface area (Å²) in [6.45, 7) is 2.47. The van der Waals surface area contributed by atoms with E-state index in [0.29, 0.717) is 41.6 Å². The monoisotopic (exact) mass is 634 g/mol. The van der Waals surface area contributed by atoms with Crippen LogP contribution in [0.3, 0.4) is 0 Å². The minimum absolute atomic E-state index is 0.0157. The summed E-state index contributed by atoms with van der Waals surface area (Å²) < 4.78 is 61.3. The van der Waals surface area contributed by atoms with Gasteiger partial charge in [0.15, 0.2) is 5.78 Å². The molecule has 45 heavy (non-hydrogen) atoms. The van der Waals surface area contributed by atoms with E-state index < -0.39 is 26.6 Å². The Bertz CT molecular complexity index is 1970. The van der Waals surface area contributed by atoms with Gasteiger partial charge in [-0.05, 0) is 61.7 Å². The van der Waals surface area contributed by atoms with Crippen molar-refractivity contribution in [3.63, 3.8) is 0 Å². The number of ether oxygens (including phenoxy) is 1. The van der Waals surface area contributed by atoms with Crippen LogP contribution >= 0.6 is 0 Å². The summed E-state index contributed by atoms with van der Waals surface area (Å²) in [5.41, 5.74) is 1.85. The highest BCUT2D eigenvalue weighted by molar-refractivity contribution is 7.92. The molecule has 4 aromatic rings. The maximum Gasteiger partial charge on any atom is 0.264 e. The highest BCUT2D eigenvalue weighted by Gasteiger charge is 2.41. The quantitative estimate of drug-likeness (QED) is 0.284. The molecular formula is C31H28F2N6O5S. The van der Waals surface area contributed by atoms with Gasteiger partial charge in [-0.1, -0.05) is 6.07 Å². The van der Waals surface area contributed by atoms with Gasteiger partial charge in [0, 0.05) is 54.5 Å². The number of piperidine rings is 2. The highest BCUT2D eigenvalue weighted by Crippen LogP contribution is 2.37.